The summed E-state index contributed by atoms with van der Waals surface area (Å²) in [5.41, 5.74) is 1.06. The molecule has 1 fully saturated rings. The van der Waals surface area contributed by atoms with E-state index >= 15 is 0 Å². The van der Waals surface area contributed by atoms with Gasteiger partial charge in [0.15, 0.2) is 0 Å². The van der Waals surface area contributed by atoms with E-state index in [4.69, 9.17) is 0 Å². The van der Waals surface area contributed by atoms with Crippen LogP contribution in [0.2, 0.25) is 0 Å². The normalized spacial score (nSPS) is 23.6. The van der Waals surface area contributed by atoms with Crippen molar-refractivity contribution in [3.05, 3.63) is 47.5 Å². The van der Waals surface area contributed by atoms with Crippen molar-refractivity contribution in [1.82, 2.24) is 4.90 Å². The fraction of sp³-hybridized carbons (Fsp3) is 0.316. The third-order valence-electron chi connectivity index (χ3n) is 5.16. The molecule has 5 heteroatoms. The zero-order valence-electron chi connectivity index (χ0n) is 13.1. The molecule has 2 aromatic rings. The third kappa shape index (κ3) is 2.12. The van der Waals surface area contributed by atoms with E-state index in [9.17, 15) is 19.5 Å². The highest BCUT2D eigenvalue weighted by atomic mass is 16.4. The number of rotatable bonds is 2. The second kappa shape index (κ2) is 5.44. The fourth-order valence-electron chi connectivity index (χ4n) is 4.00. The van der Waals surface area contributed by atoms with E-state index in [1.165, 1.54) is 4.90 Å². The Balaban J connectivity index is 1.78. The van der Waals surface area contributed by atoms with Crippen LogP contribution < -0.4 is 0 Å². The number of aliphatic carboxylic acids is 1. The van der Waals surface area contributed by atoms with E-state index in [1.54, 1.807) is 12.1 Å². The molecule has 5 nitrogen and oxygen atoms in total. The van der Waals surface area contributed by atoms with E-state index in [-0.39, 0.29) is 17.9 Å². The molecule has 2 aliphatic rings. The number of hydrogen-bond donors (Lipinski definition) is 1. The minimum Gasteiger partial charge on any atom is -0.481 e. The maximum absolute atomic E-state index is 12.9. The van der Waals surface area contributed by atoms with Crippen molar-refractivity contribution in [3.63, 3.8) is 0 Å². The molecule has 122 valence electrons. The van der Waals surface area contributed by atoms with Crippen molar-refractivity contribution in [2.75, 3.05) is 0 Å². The van der Waals surface area contributed by atoms with Gasteiger partial charge < -0.3 is 5.11 Å². The molecule has 0 bridgehead atoms. The number of benzene rings is 2. The quantitative estimate of drug-likeness (QED) is 0.862. The van der Waals surface area contributed by atoms with E-state index in [0.717, 1.165) is 5.39 Å². The Kier molecular flexibility index (Phi) is 3.37. The number of amides is 2. The Hall–Kier alpha value is -2.69. The number of carbonyl (C=O) groups excluding carboxylic acids is 2. The predicted molar refractivity (Wildman–Crippen MR) is 87.8 cm³/mol. The third-order valence-corrected chi connectivity index (χ3v) is 5.16. The number of nitrogens with zero attached hydrogens (tertiary/aromatic N) is 1. The molecule has 0 saturated heterocycles. The van der Waals surface area contributed by atoms with Crippen molar-refractivity contribution in [1.29, 1.82) is 0 Å². The standard InChI is InChI=1S/C19H17NO4/c21-17-14-8-2-4-11-5-3-9-15(16(11)14)18(22)20(17)13-7-1-6-12(10-13)19(23)24/h2-5,8-9,12-13H,1,6-7,10H2,(H,23,24). The smallest absolute Gasteiger partial charge is 0.306 e. The molecule has 2 unspecified atom stereocenters. The molecule has 0 radical (unpaired) electrons. The summed E-state index contributed by atoms with van der Waals surface area (Å²) in [6.07, 6.45) is 2.32. The van der Waals surface area contributed by atoms with E-state index in [0.29, 0.717) is 42.2 Å². The van der Waals surface area contributed by atoms with Crippen LogP contribution in [0.4, 0.5) is 0 Å². The second-order valence-corrected chi connectivity index (χ2v) is 6.55. The average Bonchev–Trinajstić information content (AvgIpc) is 2.60. The van der Waals surface area contributed by atoms with Crippen LogP contribution in [0.25, 0.3) is 10.8 Å². The number of carboxylic acids is 1. The summed E-state index contributed by atoms with van der Waals surface area (Å²) in [5.74, 6) is -1.95. The predicted octanol–water partition coefficient (Wildman–Crippen LogP) is 3.08. The Morgan fingerprint density at radius 1 is 1.00 bits per heavy atom. The lowest BCUT2D eigenvalue weighted by Crippen LogP contribution is -2.49. The summed E-state index contributed by atoms with van der Waals surface area (Å²) in [6, 6.07) is 10.5. The van der Waals surface area contributed by atoms with Crippen molar-refractivity contribution in [3.8, 4) is 0 Å². The number of carboxylic acid groups (broad SMARTS) is 1. The summed E-state index contributed by atoms with van der Waals surface area (Å²) in [4.78, 5) is 38.5. The van der Waals surface area contributed by atoms with Crippen LogP contribution >= 0.6 is 0 Å². The van der Waals surface area contributed by atoms with Crippen LogP contribution in [0.3, 0.4) is 0 Å². The number of imide groups is 1. The number of carbonyl (C=O) groups is 3. The highest BCUT2D eigenvalue weighted by Crippen LogP contribution is 2.35. The maximum atomic E-state index is 12.9. The van der Waals surface area contributed by atoms with Crippen LogP contribution in [0.1, 0.15) is 46.4 Å². The van der Waals surface area contributed by atoms with E-state index in [1.807, 2.05) is 24.3 Å². The van der Waals surface area contributed by atoms with Gasteiger partial charge in [0.1, 0.15) is 0 Å². The first-order valence-electron chi connectivity index (χ1n) is 8.20. The van der Waals surface area contributed by atoms with E-state index in [2.05, 4.69) is 0 Å². The van der Waals surface area contributed by atoms with Gasteiger partial charge in [0.05, 0.1) is 5.92 Å². The Bertz CT molecular complexity index is 822. The summed E-state index contributed by atoms with van der Waals surface area (Å²) < 4.78 is 0. The van der Waals surface area contributed by atoms with Gasteiger partial charge in [-0.15, -0.1) is 0 Å². The lowest BCUT2D eigenvalue weighted by atomic mass is 9.83. The SMILES string of the molecule is O=C(O)C1CCCC(N2C(=O)c3cccc4cccc(c34)C2=O)C1. The molecule has 1 heterocycles. The average molecular weight is 323 g/mol. The Morgan fingerprint density at radius 2 is 1.62 bits per heavy atom. The molecule has 1 aliphatic heterocycles. The second-order valence-electron chi connectivity index (χ2n) is 6.55. The first kappa shape index (κ1) is 14.9. The topological polar surface area (TPSA) is 74.7 Å². The molecular weight excluding hydrogens is 306 g/mol. The van der Waals surface area contributed by atoms with Crippen molar-refractivity contribution in [2.45, 2.75) is 31.7 Å². The van der Waals surface area contributed by atoms with Gasteiger partial charge in [-0.25, -0.2) is 0 Å². The summed E-state index contributed by atoms with van der Waals surface area (Å²) in [7, 11) is 0. The Morgan fingerprint density at radius 3 is 2.21 bits per heavy atom. The molecule has 1 saturated carbocycles. The lowest BCUT2D eigenvalue weighted by Gasteiger charge is -2.37. The van der Waals surface area contributed by atoms with Crippen LogP contribution in [0, 0.1) is 5.92 Å². The molecule has 24 heavy (non-hydrogen) atoms. The summed E-state index contributed by atoms with van der Waals surface area (Å²) in [5, 5.41) is 10.9. The monoisotopic (exact) mass is 323 g/mol. The fourth-order valence-corrected chi connectivity index (χ4v) is 4.00. The molecule has 4 rings (SSSR count). The Labute approximate surface area is 138 Å². The van der Waals surface area contributed by atoms with Gasteiger partial charge in [-0.05, 0) is 36.8 Å². The van der Waals surface area contributed by atoms with Crippen molar-refractivity contribution < 1.29 is 19.5 Å². The molecule has 2 atom stereocenters. The van der Waals surface area contributed by atoms with Crippen molar-refractivity contribution >= 4 is 28.6 Å². The highest BCUT2D eigenvalue weighted by Gasteiger charge is 2.40. The molecule has 1 N–H and O–H groups in total. The van der Waals surface area contributed by atoms with Gasteiger partial charge in [-0.3, -0.25) is 19.3 Å². The highest BCUT2D eigenvalue weighted by molar-refractivity contribution is 6.25. The molecule has 0 spiro atoms. The molecule has 2 aromatic carbocycles. The molecule has 0 aromatic heterocycles. The van der Waals surface area contributed by atoms with Crippen LogP contribution in [-0.4, -0.2) is 33.8 Å². The zero-order chi connectivity index (χ0) is 16.8. The first-order valence-corrected chi connectivity index (χ1v) is 8.20. The van der Waals surface area contributed by atoms with Crippen molar-refractivity contribution in [2.24, 2.45) is 5.92 Å². The van der Waals surface area contributed by atoms with Crippen LogP contribution in [0.5, 0.6) is 0 Å². The first-order chi connectivity index (χ1) is 11.6. The van der Waals surface area contributed by atoms with Crippen LogP contribution in [0.15, 0.2) is 36.4 Å². The maximum Gasteiger partial charge on any atom is 0.306 e. The van der Waals surface area contributed by atoms with Gasteiger partial charge in [0.25, 0.3) is 11.8 Å². The van der Waals surface area contributed by atoms with Gasteiger partial charge >= 0.3 is 5.97 Å². The summed E-state index contributed by atoms with van der Waals surface area (Å²) >= 11 is 0. The van der Waals surface area contributed by atoms with Crippen LogP contribution in [-0.2, 0) is 4.79 Å². The number of hydrogen-bond acceptors (Lipinski definition) is 3. The zero-order valence-corrected chi connectivity index (χ0v) is 13.1. The summed E-state index contributed by atoms with van der Waals surface area (Å²) in [6.45, 7) is 0. The largest absolute Gasteiger partial charge is 0.481 e. The van der Waals surface area contributed by atoms with Gasteiger partial charge in [-0.1, -0.05) is 30.7 Å². The minimum atomic E-state index is -0.848. The molecular formula is C19H17NO4. The molecule has 2 amide bonds. The lowest BCUT2D eigenvalue weighted by molar-refractivity contribution is -0.143. The van der Waals surface area contributed by atoms with Gasteiger partial charge in [0.2, 0.25) is 0 Å². The van der Waals surface area contributed by atoms with E-state index < -0.39 is 11.9 Å². The minimum absolute atomic E-state index is 0.305. The molecule has 1 aliphatic carbocycles. The van der Waals surface area contributed by atoms with Gasteiger partial charge in [-0.2, -0.15) is 0 Å². The van der Waals surface area contributed by atoms with Gasteiger partial charge in [0, 0.05) is 22.6 Å².